The minimum Gasteiger partial charge on any atom is -0.491 e. The molecule has 0 radical (unpaired) electrons. The van der Waals surface area contributed by atoms with Crippen molar-refractivity contribution in [1.29, 1.82) is 0 Å². The number of carbonyl (C=O) groups excluding carboxylic acids is 1. The summed E-state index contributed by atoms with van der Waals surface area (Å²) in [5.74, 6) is 0.145. The lowest BCUT2D eigenvalue weighted by Gasteiger charge is -2.13. The molecule has 116 valence electrons. The summed E-state index contributed by atoms with van der Waals surface area (Å²) in [6.45, 7) is 3.27. The van der Waals surface area contributed by atoms with Gasteiger partial charge in [-0.3, -0.25) is 4.79 Å². The fourth-order valence-corrected chi connectivity index (χ4v) is 3.15. The van der Waals surface area contributed by atoms with Crippen LogP contribution in [0.4, 0.5) is 0 Å². The van der Waals surface area contributed by atoms with E-state index in [1.165, 1.54) is 0 Å². The van der Waals surface area contributed by atoms with Crippen molar-refractivity contribution in [3.05, 3.63) is 34.8 Å². The monoisotopic (exact) mass is 318 g/mol. The molecule has 0 bridgehead atoms. The fraction of sp³-hybridized carbons (Fsp3) is 0.375. The number of nitrogens with two attached hydrogens (primary N) is 1. The molecule has 3 rings (SSSR count). The van der Waals surface area contributed by atoms with Crippen molar-refractivity contribution >= 4 is 17.2 Å². The Morgan fingerprint density at radius 3 is 3.00 bits per heavy atom. The number of aryl methyl sites for hydroxylation is 1. The van der Waals surface area contributed by atoms with Gasteiger partial charge in [0.2, 0.25) is 5.91 Å². The van der Waals surface area contributed by atoms with Gasteiger partial charge in [0.1, 0.15) is 17.4 Å². The van der Waals surface area contributed by atoms with Crippen molar-refractivity contribution < 1.29 is 14.3 Å². The first kappa shape index (κ1) is 15.0. The van der Waals surface area contributed by atoms with E-state index in [0.29, 0.717) is 17.9 Å². The molecule has 1 fully saturated rings. The number of rotatable bonds is 5. The Labute approximate surface area is 133 Å². The highest BCUT2D eigenvalue weighted by Gasteiger charge is 2.17. The van der Waals surface area contributed by atoms with Crippen molar-refractivity contribution in [2.24, 2.45) is 5.73 Å². The van der Waals surface area contributed by atoms with E-state index < -0.39 is 5.91 Å². The number of primary amides is 1. The van der Waals surface area contributed by atoms with Crippen LogP contribution in [0.1, 0.15) is 28.1 Å². The molecule has 0 unspecified atom stereocenters. The molecule has 1 saturated heterocycles. The minimum absolute atomic E-state index is 0.128. The van der Waals surface area contributed by atoms with Gasteiger partial charge in [0.15, 0.2) is 0 Å². The Balaban J connectivity index is 1.84. The lowest BCUT2D eigenvalue weighted by molar-refractivity contribution is 0.0679. The second-order valence-corrected chi connectivity index (χ2v) is 6.57. The van der Waals surface area contributed by atoms with Gasteiger partial charge in [0.05, 0.1) is 6.10 Å². The van der Waals surface area contributed by atoms with Crippen LogP contribution < -0.4 is 10.5 Å². The van der Waals surface area contributed by atoms with Gasteiger partial charge < -0.3 is 15.2 Å². The number of thiazole rings is 1. The van der Waals surface area contributed by atoms with Gasteiger partial charge >= 0.3 is 0 Å². The van der Waals surface area contributed by atoms with Crippen LogP contribution in [0.2, 0.25) is 0 Å². The van der Waals surface area contributed by atoms with Gasteiger partial charge in [0.25, 0.3) is 0 Å². The van der Waals surface area contributed by atoms with Crippen LogP contribution in [-0.2, 0) is 4.74 Å². The lowest BCUT2D eigenvalue weighted by Crippen LogP contribution is -2.17. The predicted molar refractivity (Wildman–Crippen MR) is 85.3 cm³/mol. The van der Waals surface area contributed by atoms with Crippen molar-refractivity contribution in [1.82, 2.24) is 4.98 Å². The number of carbonyl (C=O) groups is 1. The molecule has 22 heavy (non-hydrogen) atoms. The van der Waals surface area contributed by atoms with Gasteiger partial charge in [-0.05, 0) is 38.0 Å². The highest BCUT2D eigenvalue weighted by molar-refractivity contribution is 7.14. The largest absolute Gasteiger partial charge is 0.491 e. The molecule has 6 heteroatoms. The first-order chi connectivity index (χ1) is 10.6. The number of hydrogen-bond acceptors (Lipinski definition) is 5. The number of ether oxygens (including phenoxy) is 2. The van der Waals surface area contributed by atoms with Gasteiger partial charge in [-0.25, -0.2) is 4.98 Å². The van der Waals surface area contributed by atoms with E-state index in [9.17, 15) is 4.79 Å². The third kappa shape index (κ3) is 3.45. The lowest BCUT2D eigenvalue weighted by atomic mass is 10.1. The van der Waals surface area contributed by atoms with Crippen molar-refractivity contribution in [3.8, 4) is 16.3 Å². The van der Waals surface area contributed by atoms with Crippen LogP contribution in [0.15, 0.2) is 24.4 Å². The molecule has 1 atom stereocenters. The molecule has 1 aromatic heterocycles. The zero-order valence-corrected chi connectivity index (χ0v) is 13.2. The summed E-state index contributed by atoms with van der Waals surface area (Å²) in [6, 6.07) is 5.31. The summed E-state index contributed by atoms with van der Waals surface area (Å²) in [4.78, 5) is 17.0. The number of hydrogen-bond donors (Lipinski definition) is 1. The number of aromatic nitrogens is 1. The van der Waals surface area contributed by atoms with E-state index in [2.05, 4.69) is 4.98 Å². The maximum atomic E-state index is 11.5. The number of nitrogens with zero attached hydrogens (tertiary/aromatic N) is 1. The molecular weight excluding hydrogens is 300 g/mol. The molecular formula is C16H18N2O3S. The highest BCUT2D eigenvalue weighted by atomic mass is 32.1. The normalized spacial score (nSPS) is 17.6. The Bertz CT molecular complexity index is 678. The SMILES string of the molecule is Cc1cnc(-c2cc(OC[C@@H]3CCCO3)cc(C(N)=O)c2)s1. The number of amides is 1. The molecule has 2 heterocycles. The topological polar surface area (TPSA) is 74.4 Å². The zero-order chi connectivity index (χ0) is 15.5. The molecule has 1 aliphatic heterocycles. The van der Waals surface area contributed by atoms with Gasteiger partial charge in [-0.1, -0.05) is 0 Å². The average Bonchev–Trinajstić information content (AvgIpc) is 3.16. The molecule has 5 nitrogen and oxygen atoms in total. The van der Waals surface area contributed by atoms with Crippen LogP contribution in [0.25, 0.3) is 10.6 Å². The van der Waals surface area contributed by atoms with Crippen LogP contribution in [0, 0.1) is 6.92 Å². The van der Waals surface area contributed by atoms with E-state index in [1.54, 1.807) is 23.5 Å². The smallest absolute Gasteiger partial charge is 0.248 e. The first-order valence-corrected chi connectivity index (χ1v) is 8.05. The molecule has 1 aromatic carbocycles. The summed E-state index contributed by atoms with van der Waals surface area (Å²) in [6.07, 6.45) is 4.01. The third-order valence-electron chi connectivity index (χ3n) is 3.52. The van der Waals surface area contributed by atoms with E-state index in [-0.39, 0.29) is 6.10 Å². The highest BCUT2D eigenvalue weighted by Crippen LogP contribution is 2.29. The Kier molecular flexibility index (Phi) is 4.40. The maximum absolute atomic E-state index is 11.5. The standard InChI is InChI=1S/C16H18N2O3S/c1-10-8-18-16(22-10)12-5-11(15(17)19)6-14(7-12)21-9-13-3-2-4-20-13/h5-8,13H,2-4,9H2,1H3,(H2,17,19)/t13-/m0/s1. The van der Waals surface area contributed by atoms with Gasteiger partial charge in [0, 0.05) is 28.8 Å². The Morgan fingerprint density at radius 2 is 2.36 bits per heavy atom. The summed E-state index contributed by atoms with van der Waals surface area (Å²) < 4.78 is 11.3. The molecule has 2 aromatic rings. The van der Waals surface area contributed by atoms with Crippen LogP contribution in [-0.4, -0.2) is 30.2 Å². The van der Waals surface area contributed by atoms with E-state index in [0.717, 1.165) is 34.9 Å². The molecule has 0 saturated carbocycles. The van der Waals surface area contributed by atoms with Gasteiger partial charge in [-0.15, -0.1) is 11.3 Å². The molecule has 0 spiro atoms. The second kappa shape index (κ2) is 6.46. The van der Waals surface area contributed by atoms with Crippen LogP contribution >= 0.6 is 11.3 Å². The van der Waals surface area contributed by atoms with E-state index >= 15 is 0 Å². The van der Waals surface area contributed by atoms with Gasteiger partial charge in [-0.2, -0.15) is 0 Å². The Hall–Kier alpha value is -1.92. The van der Waals surface area contributed by atoms with Crippen LogP contribution in [0.5, 0.6) is 5.75 Å². The molecule has 1 aliphatic rings. The van der Waals surface area contributed by atoms with Crippen LogP contribution in [0.3, 0.4) is 0 Å². The van der Waals surface area contributed by atoms with Crippen molar-refractivity contribution in [3.63, 3.8) is 0 Å². The van der Waals surface area contributed by atoms with Crippen molar-refractivity contribution in [2.45, 2.75) is 25.9 Å². The molecule has 2 N–H and O–H groups in total. The first-order valence-electron chi connectivity index (χ1n) is 7.24. The maximum Gasteiger partial charge on any atom is 0.248 e. The quantitative estimate of drug-likeness (QED) is 0.920. The van der Waals surface area contributed by atoms with Crippen molar-refractivity contribution in [2.75, 3.05) is 13.2 Å². The predicted octanol–water partition coefficient (Wildman–Crippen LogP) is 2.78. The summed E-state index contributed by atoms with van der Waals surface area (Å²) in [7, 11) is 0. The summed E-state index contributed by atoms with van der Waals surface area (Å²) in [5.41, 5.74) is 6.68. The fourth-order valence-electron chi connectivity index (χ4n) is 2.40. The summed E-state index contributed by atoms with van der Waals surface area (Å²) >= 11 is 1.57. The van der Waals surface area contributed by atoms with E-state index in [1.807, 2.05) is 19.2 Å². The summed E-state index contributed by atoms with van der Waals surface area (Å²) in [5, 5.41) is 0.850. The number of benzene rings is 1. The third-order valence-corrected chi connectivity index (χ3v) is 4.48. The minimum atomic E-state index is -0.475. The molecule has 1 amide bonds. The second-order valence-electron chi connectivity index (χ2n) is 5.33. The average molecular weight is 318 g/mol. The molecule has 0 aliphatic carbocycles. The van der Waals surface area contributed by atoms with E-state index in [4.69, 9.17) is 15.2 Å². The zero-order valence-electron chi connectivity index (χ0n) is 12.4. The Morgan fingerprint density at radius 1 is 1.50 bits per heavy atom.